The van der Waals surface area contributed by atoms with Gasteiger partial charge in [0, 0.05) is 24.0 Å². The van der Waals surface area contributed by atoms with E-state index in [0.29, 0.717) is 18.6 Å². The van der Waals surface area contributed by atoms with E-state index >= 15 is 0 Å². The number of carbonyl (C=O) groups is 1. The topological polar surface area (TPSA) is 65.0 Å². The van der Waals surface area contributed by atoms with Gasteiger partial charge in [-0.25, -0.2) is 0 Å². The van der Waals surface area contributed by atoms with Crippen LogP contribution in [-0.2, 0) is 43.8 Å². The molecule has 0 amide bonds. The molecule has 4 rings (SSSR count). The van der Waals surface area contributed by atoms with E-state index in [2.05, 4.69) is 121 Å². The Hall–Kier alpha value is -3.04. The summed E-state index contributed by atoms with van der Waals surface area (Å²) in [5, 5.41) is 11.2. The van der Waals surface area contributed by atoms with E-state index in [-0.39, 0.29) is 34.1 Å². The van der Waals surface area contributed by atoms with Gasteiger partial charge in [-0.15, -0.1) is 0 Å². The average molecular weight is 647 g/mol. The molecule has 0 bridgehead atoms. The van der Waals surface area contributed by atoms with Crippen molar-refractivity contribution in [3.63, 3.8) is 0 Å². The Balaban J connectivity index is 1.73. The third-order valence-electron chi connectivity index (χ3n) is 8.53. The Morgan fingerprint density at radius 2 is 1.07 bits per heavy atom. The smallest absolute Gasteiger partial charge is 0.507 e. The summed E-state index contributed by atoms with van der Waals surface area (Å²) in [5.74, 6) is 1.43. The summed E-state index contributed by atoms with van der Waals surface area (Å²) in [5.41, 5.74) is 8.45. The molecule has 0 atom stereocenters. The lowest BCUT2D eigenvalue weighted by atomic mass is 9.78. The van der Waals surface area contributed by atoms with E-state index in [1.807, 2.05) is 12.1 Å². The molecule has 0 unspecified atom stereocenters. The number of hydrogen-bond acceptors (Lipinski definition) is 5. The molecule has 3 aromatic rings. The monoisotopic (exact) mass is 646 g/mol. The number of phenols is 1. The van der Waals surface area contributed by atoms with Gasteiger partial charge in [0.25, 0.3) is 0 Å². The van der Waals surface area contributed by atoms with Crippen molar-refractivity contribution in [3.8, 4) is 17.2 Å². The molecule has 1 heterocycles. The summed E-state index contributed by atoms with van der Waals surface area (Å²) in [6.45, 7) is 29.8. The van der Waals surface area contributed by atoms with Crippen LogP contribution in [0.25, 0.3) is 0 Å². The number of benzene rings is 3. The Morgan fingerprint density at radius 3 is 1.43 bits per heavy atom. The van der Waals surface area contributed by atoms with E-state index in [4.69, 9.17) is 13.6 Å². The van der Waals surface area contributed by atoms with Crippen LogP contribution < -0.4 is 9.05 Å². The molecular formula is C40H55O5P. The normalized spacial score (nSPS) is 14.4. The molecule has 0 spiro atoms. The highest BCUT2D eigenvalue weighted by Gasteiger charge is 2.35. The first kappa shape index (κ1) is 35.8. The van der Waals surface area contributed by atoms with Crippen molar-refractivity contribution >= 4 is 14.6 Å². The first-order chi connectivity index (χ1) is 20.9. The molecule has 1 aliphatic heterocycles. The van der Waals surface area contributed by atoms with E-state index in [1.165, 1.54) is 11.1 Å². The van der Waals surface area contributed by atoms with Crippen molar-refractivity contribution in [3.05, 3.63) is 86.5 Å². The number of fused-ring (bicyclic) bond motifs is 2. The maximum atomic E-state index is 13.6. The molecular weight excluding hydrogens is 591 g/mol. The van der Waals surface area contributed by atoms with Gasteiger partial charge in [-0.2, -0.15) is 0 Å². The molecule has 0 aliphatic carbocycles. The minimum atomic E-state index is -2.10. The second kappa shape index (κ2) is 12.5. The van der Waals surface area contributed by atoms with Crippen molar-refractivity contribution in [2.45, 2.75) is 138 Å². The van der Waals surface area contributed by atoms with Crippen molar-refractivity contribution in [2.24, 2.45) is 0 Å². The van der Waals surface area contributed by atoms with Crippen LogP contribution in [0.5, 0.6) is 17.2 Å². The Kier molecular flexibility index (Phi) is 9.75. The summed E-state index contributed by atoms with van der Waals surface area (Å²) in [4.78, 5) is 13.6. The molecule has 0 radical (unpaired) electrons. The fraction of sp³-hybridized carbons (Fsp3) is 0.525. The molecule has 0 aromatic heterocycles. The Labute approximate surface area is 279 Å². The zero-order chi connectivity index (χ0) is 34.6. The van der Waals surface area contributed by atoms with Gasteiger partial charge in [-0.3, -0.25) is 4.79 Å². The van der Waals surface area contributed by atoms with Gasteiger partial charge in [0.15, 0.2) is 0 Å². The highest BCUT2D eigenvalue weighted by atomic mass is 31.2. The summed E-state index contributed by atoms with van der Waals surface area (Å²) >= 11 is 0. The average Bonchev–Trinajstić information content (AvgIpc) is 2.87. The highest BCUT2D eigenvalue weighted by Crippen LogP contribution is 2.52. The lowest BCUT2D eigenvalue weighted by Gasteiger charge is -2.32. The number of aryl methyl sites for hydroxylation is 3. The minimum Gasteiger partial charge on any atom is -0.507 e. The van der Waals surface area contributed by atoms with E-state index in [1.54, 1.807) is 0 Å². The van der Waals surface area contributed by atoms with Crippen LogP contribution in [0.15, 0.2) is 36.4 Å². The van der Waals surface area contributed by atoms with Crippen molar-refractivity contribution in [2.75, 3.05) is 0 Å². The van der Waals surface area contributed by atoms with Crippen molar-refractivity contribution in [1.82, 2.24) is 0 Å². The maximum absolute atomic E-state index is 13.6. The molecule has 6 heteroatoms. The lowest BCUT2D eigenvalue weighted by Crippen LogP contribution is -2.20. The number of phenolic OH excluding ortho intramolecular Hbond substituents is 1. The Bertz CT molecular complexity index is 1520. The van der Waals surface area contributed by atoms with Crippen LogP contribution in [0.3, 0.4) is 0 Å². The van der Waals surface area contributed by atoms with Gasteiger partial charge >= 0.3 is 14.6 Å². The predicted octanol–water partition coefficient (Wildman–Crippen LogP) is 11.0. The third-order valence-corrected chi connectivity index (χ3v) is 9.54. The van der Waals surface area contributed by atoms with Crippen molar-refractivity contribution in [1.29, 1.82) is 0 Å². The zero-order valence-corrected chi connectivity index (χ0v) is 31.5. The number of aromatic hydroxyl groups is 1. The molecule has 3 aromatic carbocycles. The molecule has 46 heavy (non-hydrogen) atoms. The number of carbonyl (C=O) groups excluding carboxylic acids is 1. The van der Waals surface area contributed by atoms with Crippen LogP contribution >= 0.6 is 8.60 Å². The molecule has 0 saturated carbocycles. The fourth-order valence-corrected chi connectivity index (χ4v) is 7.15. The second-order valence-corrected chi connectivity index (χ2v) is 18.2. The predicted molar refractivity (Wildman–Crippen MR) is 191 cm³/mol. The first-order valence-corrected chi connectivity index (χ1v) is 17.6. The third kappa shape index (κ3) is 8.08. The largest absolute Gasteiger partial charge is 0.532 e. The van der Waals surface area contributed by atoms with Crippen LogP contribution in [-0.4, -0.2) is 11.1 Å². The SMILES string of the molecule is Cc1cc2c(c(C(C)(C)C)c1)OP(OC(=O)CCc1cc(C(C)(C)C)c(O)c(C(C)(C)C)c1)Oc1c(cc(C)cc1C(C)(C)C)C2. The summed E-state index contributed by atoms with van der Waals surface area (Å²) in [6.07, 6.45) is 1.29. The Morgan fingerprint density at radius 1 is 0.674 bits per heavy atom. The first-order valence-electron chi connectivity index (χ1n) is 16.5. The fourth-order valence-electron chi connectivity index (χ4n) is 6.06. The van der Waals surface area contributed by atoms with E-state index in [9.17, 15) is 9.90 Å². The molecule has 0 saturated heterocycles. The summed E-state index contributed by atoms with van der Waals surface area (Å²) < 4.78 is 19.4. The van der Waals surface area contributed by atoms with Crippen LogP contribution in [0.4, 0.5) is 0 Å². The molecule has 1 N–H and O–H groups in total. The number of hydrogen-bond donors (Lipinski definition) is 1. The van der Waals surface area contributed by atoms with Gasteiger partial charge in [-0.1, -0.05) is 131 Å². The molecule has 250 valence electrons. The van der Waals surface area contributed by atoms with Crippen LogP contribution in [0, 0.1) is 13.8 Å². The van der Waals surface area contributed by atoms with Gasteiger partial charge in [0.05, 0.1) is 0 Å². The molecule has 1 aliphatic rings. The zero-order valence-electron chi connectivity index (χ0n) is 30.6. The molecule has 5 nitrogen and oxygen atoms in total. The van der Waals surface area contributed by atoms with Gasteiger partial charge < -0.3 is 18.7 Å². The maximum Gasteiger partial charge on any atom is 0.532 e. The minimum absolute atomic E-state index is 0.156. The van der Waals surface area contributed by atoms with Crippen LogP contribution in [0.1, 0.15) is 140 Å². The second-order valence-electron chi connectivity index (χ2n) is 17.2. The summed E-state index contributed by atoms with van der Waals surface area (Å²) in [7, 11) is -2.10. The van der Waals surface area contributed by atoms with Crippen LogP contribution in [0.2, 0.25) is 0 Å². The quantitative estimate of drug-likeness (QED) is 0.286. The molecule has 0 fully saturated rings. The standard InChI is InChI=1S/C40H55O5P/c1-24-17-27-23-28-18-25(2)20-32(40(12,13)14)36(28)45-46(44-35(27)31(19-24)39(9,10)11)43-33(41)16-15-26-21-29(37(3,4)5)34(42)30(22-26)38(6,7)8/h17-22,42H,15-16,23H2,1-14H3. The van der Waals surface area contributed by atoms with Gasteiger partial charge in [0.2, 0.25) is 0 Å². The summed E-state index contributed by atoms with van der Waals surface area (Å²) in [6, 6.07) is 12.7. The highest BCUT2D eigenvalue weighted by molar-refractivity contribution is 7.43. The number of rotatable bonds is 4. The van der Waals surface area contributed by atoms with E-state index in [0.717, 1.165) is 50.4 Å². The van der Waals surface area contributed by atoms with Crippen molar-refractivity contribution < 1.29 is 23.5 Å². The van der Waals surface area contributed by atoms with Gasteiger partial charge in [-0.05, 0) is 69.7 Å². The van der Waals surface area contributed by atoms with Gasteiger partial charge in [0.1, 0.15) is 17.2 Å². The van der Waals surface area contributed by atoms with E-state index < -0.39 is 8.60 Å². The lowest BCUT2D eigenvalue weighted by molar-refractivity contribution is -0.134.